The first-order chi connectivity index (χ1) is 9.93. The van der Waals surface area contributed by atoms with Crippen LogP contribution in [0.3, 0.4) is 0 Å². The summed E-state index contributed by atoms with van der Waals surface area (Å²) in [6, 6.07) is 8.88. The molecule has 112 valence electrons. The molecule has 0 bridgehead atoms. The Balaban J connectivity index is 2.55. The van der Waals surface area contributed by atoms with Gasteiger partial charge in [0.2, 0.25) is 0 Å². The maximum Gasteiger partial charge on any atom is 0.124 e. The SMILES string of the molecule is CCNC(c1cc(C)c(Cl)cc1C)c1ccc(F)cc1Br. The maximum atomic E-state index is 13.3. The Hall–Kier alpha value is -0.900. The Labute approximate surface area is 138 Å². The number of rotatable bonds is 4. The molecule has 21 heavy (non-hydrogen) atoms. The highest BCUT2D eigenvalue weighted by molar-refractivity contribution is 9.10. The third kappa shape index (κ3) is 3.65. The topological polar surface area (TPSA) is 12.0 Å². The molecule has 1 unspecified atom stereocenters. The second kappa shape index (κ2) is 6.91. The van der Waals surface area contributed by atoms with Crippen molar-refractivity contribution in [3.63, 3.8) is 0 Å². The van der Waals surface area contributed by atoms with Crippen molar-refractivity contribution in [3.05, 3.63) is 67.9 Å². The van der Waals surface area contributed by atoms with Gasteiger partial charge in [-0.2, -0.15) is 0 Å². The second-order valence-electron chi connectivity index (χ2n) is 5.11. The molecule has 2 aromatic carbocycles. The van der Waals surface area contributed by atoms with Crippen LogP contribution in [0, 0.1) is 19.7 Å². The van der Waals surface area contributed by atoms with Gasteiger partial charge in [-0.1, -0.05) is 46.6 Å². The van der Waals surface area contributed by atoms with Crippen molar-refractivity contribution in [2.75, 3.05) is 6.54 Å². The summed E-state index contributed by atoms with van der Waals surface area (Å²) in [7, 11) is 0. The van der Waals surface area contributed by atoms with Gasteiger partial charge in [0, 0.05) is 9.50 Å². The highest BCUT2D eigenvalue weighted by atomic mass is 79.9. The number of hydrogen-bond donors (Lipinski definition) is 1. The number of halogens is 3. The van der Waals surface area contributed by atoms with E-state index in [1.165, 1.54) is 12.1 Å². The van der Waals surface area contributed by atoms with Gasteiger partial charge in [0.15, 0.2) is 0 Å². The molecule has 0 saturated carbocycles. The minimum atomic E-state index is -0.245. The molecule has 0 aliphatic heterocycles. The van der Waals surface area contributed by atoms with Gasteiger partial charge in [-0.15, -0.1) is 0 Å². The van der Waals surface area contributed by atoms with Gasteiger partial charge in [0.05, 0.1) is 6.04 Å². The largest absolute Gasteiger partial charge is 0.306 e. The van der Waals surface area contributed by atoms with E-state index in [0.29, 0.717) is 0 Å². The molecule has 0 fully saturated rings. The van der Waals surface area contributed by atoms with Crippen LogP contribution >= 0.6 is 27.5 Å². The first kappa shape index (κ1) is 16.5. The molecule has 2 aromatic rings. The van der Waals surface area contributed by atoms with Gasteiger partial charge in [-0.25, -0.2) is 4.39 Å². The second-order valence-corrected chi connectivity index (χ2v) is 6.38. The highest BCUT2D eigenvalue weighted by Crippen LogP contribution is 2.33. The Morgan fingerprint density at radius 2 is 1.86 bits per heavy atom. The van der Waals surface area contributed by atoms with Crippen LogP contribution < -0.4 is 5.32 Å². The number of benzene rings is 2. The summed E-state index contributed by atoms with van der Waals surface area (Å²) in [6.45, 7) is 6.91. The van der Waals surface area contributed by atoms with Crippen LogP contribution in [0.15, 0.2) is 34.8 Å². The van der Waals surface area contributed by atoms with Gasteiger partial charge in [0.1, 0.15) is 5.82 Å². The summed E-state index contributed by atoms with van der Waals surface area (Å²) in [5.41, 5.74) is 4.33. The molecule has 0 saturated heterocycles. The minimum absolute atomic E-state index is 0.000872. The minimum Gasteiger partial charge on any atom is -0.306 e. The Kier molecular flexibility index (Phi) is 5.42. The zero-order valence-corrected chi connectivity index (χ0v) is 14.6. The van der Waals surface area contributed by atoms with Crippen LogP contribution in [0.25, 0.3) is 0 Å². The average molecular weight is 371 g/mol. The van der Waals surface area contributed by atoms with E-state index in [1.807, 2.05) is 26.0 Å². The third-order valence-electron chi connectivity index (χ3n) is 3.54. The van der Waals surface area contributed by atoms with E-state index in [1.54, 1.807) is 0 Å². The number of aryl methyl sites for hydroxylation is 2. The molecular formula is C17H18BrClFN. The quantitative estimate of drug-likeness (QED) is 0.743. The fourth-order valence-electron chi connectivity index (χ4n) is 2.44. The van der Waals surface area contributed by atoms with E-state index >= 15 is 0 Å². The van der Waals surface area contributed by atoms with Crippen LogP contribution in [-0.2, 0) is 0 Å². The van der Waals surface area contributed by atoms with Crippen LogP contribution in [0.1, 0.15) is 35.2 Å². The lowest BCUT2D eigenvalue weighted by molar-refractivity contribution is 0.609. The normalized spacial score (nSPS) is 12.5. The molecular weight excluding hydrogens is 353 g/mol. The van der Waals surface area contributed by atoms with Crippen LogP contribution in [0.4, 0.5) is 4.39 Å². The maximum absolute atomic E-state index is 13.3. The predicted octanol–water partition coefficient (Wildman–Crippen LogP) is 5.56. The molecule has 1 nitrogen and oxygen atoms in total. The van der Waals surface area contributed by atoms with Crippen molar-refractivity contribution < 1.29 is 4.39 Å². The van der Waals surface area contributed by atoms with E-state index in [9.17, 15) is 4.39 Å². The van der Waals surface area contributed by atoms with Gasteiger partial charge < -0.3 is 5.32 Å². The Morgan fingerprint density at radius 1 is 1.14 bits per heavy atom. The van der Waals surface area contributed by atoms with Gasteiger partial charge >= 0.3 is 0 Å². The molecule has 0 heterocycles. The third-order valence-corrected chi connectivity index (χ3v) is 4.63. The van der Waals surface area contributed by atoms with Crippen molar-refractivity contribution in [2.24, 2.45) is 0 Å². The lowest BCUT2D eigenvalue weighted by Crippen LogP contribution is -2.23. The fraction of sp³-hybridized carbons (Fsp3) is 0.294. The molecule has 4 heteroatoms. The van der Waals surface area contributed by atoms with Gasteiger partial charge in [-0.05, 0) is 60.8 Å². The van der Waals surface area contributed by atoms with Gasteiger partial charge in [-0.3, -0.25) is 0 Å². The Morgan fingerprint density at radius 3 is 2.48 bits per heavy atom. The molecule has 0 aromatic heterocycles. The molecule has 1 atom stereocenters. The smallest absolute Gasteiger partial charge is 0.124 e. The molecule has 0 spiro atoms. The van der Waals surface area contributed by atoms with E-state index in [-0.39, 0.29) is 11.9 Å². The standard InChI is InChI=1S/C17H18BrClFN/c1-4-21-17(13-6-5-12(20)9-15(13)18)14-7-11(3)16(19)8-10(14)2/h5-9,17,21H,4H2,1-3H3. The lowest BCUT2D eigenvalue weighted by atomic mass is 9.93. The molecule has 0 aliphatic carbocycles. The van der Waals surface area contributed by atoms with E-state index in [0.717, 1.165) is 38.3 Å². The van der Waals surface area contributed by atoms with Crippen LogP contribution in [0.2, 0.25) is 5.02 Å². The predicted molar refractivity (Wildman–Crippen MR) is 90.5 cm³/mol. The zero-order chi connectivity index (χ0) is 15.6. The summed E-state index contributed by atoms with van der Waals surface area (Å²) >= 11 is 9.65. The summed E-state index contributed by atoms with van der Waals surface area (Å²) in [5.74, 6) is -0.245. The monoisotopic (exact) mass is 369 g/mol. The molecule has 2 rings (SSSR count). The lowest BCUT2D eigenvalue weighted by Gasteiger charge is -2.23. The van der Waals surface area contributed by atoms with E-state index in [4.69, 9.17) is 11.6 Å². The highest BCUT2D eigenvalue weighted by Gasteiger charge is 2.19. The van der Waals surface area contributed by atoms with Crippen LogP contribution in [0.5, 0.6) is 0 Å². The molecule has 0 amide bonds. The molecule has 1 N–H and O–H groups in total. The zero-order valence-electron chi connectivity index (χ0n) is 12.3. The molecule has 0 radical (unpaired) electrons. The summed E-state index contributed by atoms with van der Waals surface area (Å²) in [4.78, 5) is 0. The fourth-order valence-corrected chi connectivity index (χ4v) is 3.24. The summed E-state index contributed by atoms with van der Waals surface area (Å²) in [6.07, 6.45) is 0. The summed E-state index contributed by atoms with van der Waals surface area (Å²) in [5, 5.41) is 4.24. The van der Waals surface area contributed by atoms with Crippen molar-refractivity contribution in [3.8, 4) is 0 Å². The Bertz CT molecular complexity index is 657. The first-order valence-electron chi connectivity index (χ1n) is 6.89. The van der Waals surface area contributed by atoms with Gasteiger partial charge in [0.25, 0.3) is 0 Å². The summed E-state index contributed by atoms with van der Waals surface area (Å²) < 4.78 is 14.1. The van der Waals surface area contributed by atoms with E-state index < -0.39 is 0 Å². The van der Waals surface area contributed by atoms with Crippen LogP contribution in [-0.4, -0.2) is 6.54 Å². The van der Waals surface area contributed by atoms with E-state index in [2.05, 4.69) is 34.2 Å². The van der Waals surface area contributed by atoms with Crippen molar-refractivity contribution in [1.29, 1.82) is 0 Å². The van der Waals surface area contributed by atoms with Crippen molar-refractivity contribution in [2.45, 2.75) is 26.8 Å². The van der Waals surface area contributed by atoms with Crippen molar-refractivity contribution in [1.82, 2.24) is 5.32 Å². The number of hydrogen-bond acceptors (Lipinski definition) is 1. The first-order valence-corrected chi connectivity index (χ1v) is 8.06. The van der Waals surface area contributed by atoms with Crippen molar-refractivity contribution >= 4 is 27.5 Å². The molecule has 0 aliphatic rings. The average Bonchev–Trinajstić information content (AvgIpc) is 2.41. The number of nitrogens with one attached hydrogen (secondary N) is 1.